The molecule has 1 saturated carbocycles. The lowest BCUT2D eigenvalue weighted by molar-refractivity contribution is 0.0267. The number of carbonyl (C=O) groups excluding carboxylic acids is 1. The molecule has 1 fully saturated rings. The summed E-state index contributed by atoms with van der Waals surface area (Å²) in [6.07, 6.45) is 6.03. The molecular weight excluding hydrogens is 254 g/mol. The van der Waals surface area contributed by atoms with Gasteiger partial charge in [0.05, 0.1) is 12.7 Å². The highest BCUT2D eigenvalue weighted by molar-refractivity contribution is 5.93. The maximum atomic E-state index is 11.9. The maximum Gasteiger partial charge on any atom is 0.270 e. The van der Waals surface area contributed by atoms with Crippen molar-refractivity contribution in [2.45, 2.75) is 44.8 Å². The molecule has 0 bridgehead atoms. The van der Waals surface area contributed by atoms with Gasteiger partial charge in [-0.25, -0.2) is 0 Å². The van der Waals surface area contributed by atoms with Crippen LogP contribution in [0.2, 0.25) is 0 Å². The van der Waals surface area contributed by atoms with Gasteiger partial charge >= 0.3 is 0 Å². The highest BCUT2D eigenvalue weighted by Gasteiger charge is 2.18. The zero-order valence-electron chi connectivity index (χ0n) is 12.0. The normalized spacial score (nSPS) is 22.5. The summed E-state index contributed by atoms with van der Waals surface area (Å²) in [5.41, 5.74) is 7.21. The van der Waals surface area contributed by atoms with E-state index in [0.717, 1.165) is 31.2 Å². The maximum absolute atomic E-state index is 11.9. The Balaban J connectivity index is 1.66. The average Bonchev–Trinajstić information content (AvgIpc) is 2.46. The number of aromatic nitrogens is 1. The molecule has 2 rings (SSSR count). The minimum atomic E-state index is -0.141. The van der Waals surface area contributed by atoms with E-state index in [0.29, 0.717) is 31.0 Å². The molecule has 0 spiro atoms. The Kier molecular flexibility index (Phi) is 5.49. The third-order valence-corrected chi connectivity index (χ3v) is 3.68. The Bertz CT molecular complexity index is 442. The van der Waals surface area contributed by atoms with Crippen LogP contribution in [0.25, 0.3) is 0 Å². The molecule has 0 unspecified atom stereocenters. The molecule has 0 saturated heterocycles. The Morgan fingerprint density at radius 1 is 1.45 bits per heavy atom. The van der Waals surface area contributed by atoms with Gasteiger partial charge in [-0.05, 0) is 44.2 Å². The lowest BCUT2D eigenvalue weighted by Crippen LogP contribution is -2.33. The molecule has 1 amide bonds. The summed E-state index contributed by atoms with van der Waals surface area (Å²) < 4.78 is 5.76. The van der Waals surface area contributed by atoms with Gasteiger partial charge in [0.1, 0.15) is 5.69 Å². The number of rotatable bonds is 5. The van der Waals surface area contributed by atoms with Crippen LogP contribution in [0, 0.1) is 6.92 Å². The second-order valence-electron chi connectivity index (χ2n) is 5.33. The fraction of sp³-hybridized carbons (Fsp3) is 0.600. The lowest BCUT2D eigenvalue weighted by atomic mass is 9.94. The first-order chi connectivity index (χ1) is 9.66. The van der Waals surface area contributed by atoms with Gasteiger partial charge in [0.15, 0.2) is 0 Å². The smallest absolute Gasteiger partial charge is 0.270 e. The molecule has 1 aliphatic rings. The number of nitrogens with one attached hydrogen (secondary N) is 1. The highest BCUT2D eigenvalue weighted by atomic mass is 16.5. The summed E-state index contributed by atoms with van der Waals surface area (Å²) in [7, 11) is 0. The van der Waals surface area contributed by atoms with Crippen LogP contribution in [-0.4, -0.2) is 36.2 Å². The van der Waals surface area contributed by atoms with Crippen molar-refractivity contribution in [3.8, 4) is 0 Å². The van der Waals surface area contributed by atoms with E-state index in [1.54, 1.807) is 6.20 Å². The number of carbonyl (C=O) groups is 1. The van der Waals surface area contributed by atoms with E-state index in [9.17, 15) is 4.79 Å². The van der Waals surface area contributed by atoms with Gasteiger partial charge in [-0.2, -0.15) is 0 Å². The summed E-state index contributed by atoms with van der Waals surface area (Å²) in [6, 6.07) is 4.04. The van der Waals surface area contributed by atoms with Crippen molar-refractivity contribution < 1.29 is 9.53 Å². The van der Waals surface area contributed by atoms with Gasteiger partial charge in [-0.1, -0.05) is 6.07 Å². The van der Waals surface area contributed by atoms with Crippen molar-refractivity contribution in [3.63, 3.8) is 0 Å². The first-order valence-electron chi connectivity index (χ1n) is 7.24. The first kappa shape index (κ1) is 14.9. The van der Waals surface area contributed by atoms with Crippen molar-refractivity contribution in [1.29, 1.82) is 0 Å². The van der Waals surface area contributed by atoms with Crippen LogP contribution in [0.1, 0.15) is 41.7 Å². The molecule has 5 nitrogen and oxygen atoms in total. The van der Waals surface area contributed by atoms with E-state index < -0.39 is 0 Å². The highest BCUT2D eigenvalue weighted by Crippen LogP contribution is 2.19. The van der Waals surface area contributed by atoms with Crippen molar-refractivity contribution >= 4 is 5.91 Å². The van der Waals surface area contributed by atoms with Crippen LogP contribution in [0.4, 0.5) is 0 Å². The number of aryl methyl sites for hydroxylation is 1. The topological polar surface area (TPSA) is 77.2 Å². The van der Waals surface area contributed by atoms with Crippen LogP contribution in [-0.2, 0) is 4.74 Å². The van der Waals surface area contributed by atoms with Crippen LogP contribution >= 0.6 is 0 Å². The summed E-state index contributed by atoms with van der Waals surface area (Å²) in [5.74, 6) is -0.141. The van der Waals surface area contributed by atoms with Crippen molar-refractivity contribution in [3.05, 3.63) is 29.6 Å². The van der Waals surface area contributed by atoms with E-state index in [-0.39, 0.29) is 5.91 Å². The average molecular weight is 277 g/mol. The number of nitrogens with zero attached hydrogens (tertiary/aromatic N) is 1. The number of pyridine rings is 1. The number of nitrogens with two attached hydrogens (primary N) is 1. The van der Waals surface area contributed by atoms with Crippen LogP contribution in [0.15, 0.2) is 18.3 Å². The van der Waals surface area contributed by atoms with Gasteiger partial charge in [0.2, 0.25) is 0 Å². The zero-order chi connectivity index (χ0) is 14.4. The quantitative estimate of drug-likeness (QED) is 0.798. The SMILES string of the molecule is Cc1cccnc1C(=O)NCCOC1CCC(N)CC1. The van der Waals surface area contributed by atoms with Gasteiger partial charge in [0.25, 0.3) is 5.91 Å². The summed E-state index contributed by atoms with van der Waals surface area (Å²) >= 11 is 0. The summed E-state index contributed by atoms with van der Waals surface area (Å²) in [4.78, 5) is 16.0. The Morgan fingerprint density at radius 2 is 2.20 bits per heavy atom. The van der Waals surface area contributed by atoms with Gasteiger partial charge in [-0.15, -0.1) is 0 Å². The summed E-state index contributed by atoms with van der Waals surface area (Å²) in [5, 5.41) is 2.84. The molecular formula is C15H23N3O2. The fourth-order valence-corrected chi connectivity index (χ4v) is 2.45. The van der Waals surface area contributed by atoms with Gasteiger partial charge in [-0.3, -0.25) is 9.78 Å². The molecule has 1 aliphatic carbocycles. The van der Waals surface area contributed by atoms with Gasteiger partial charge < -0.3 is 15.8 Å². The molecule has 5 heteroatoms. The first-order valence-corrected chi connectivity index (χ1v) is 7.24. The standard InChI is InChI=1S/C15H23N3O2/c1-11-3-2-8-17-14(11)15(19)18-9-10-20-13-6-4-12(16)5-7-13/h2-3,8,12-13H,4-7,9-10,16H2,1H3,(H,18,19). The third-order valence-electron chi connectivity index (χ3n) is 3.68. The minimum absolute atomic E-state index is 0.141. The molecule has 3 N–H and O–H groups in total. The minimum Gasteiger partial charge on any atom is -0.376 e. The molecule has 0 radical (unpaired) electrons. The van der Waals surface area contributed by atoms with E-state index in [2.05, 4.69) is 10.3 Å². The predicted octanol–water partition coefficient (Wildman–Crippen LogP) is 1.41. The Labute approximate surface area is 119 Å². The van der Waals surface area contributed by atoms with Gasteiger partial charge in [0, 0.05) is 18.8 Å². The summed E-state index contributed by atoms with van der Waals surface area (Å²) in [6.45, 7) is 2.93. The van der Waals surface area contributed by atoms with Crippen molar-refractivity contribution in [2.24, 2.45) is 5.73 Å². The van der Waals surface area contributed by atoms with E-state index >= 15 is 0 Å². The number of hydrogen-bond donors (Lipinski definition) is 2. The fourth-order valence-electron chi connectivity index (χ4n) is 2.45. The monoisotopic (exact) mass is 277 g/mol. The number of ether oxygens (including phenoxy) is 1. The molecule has 1 heterocycles. The lowest BCUT2D eigenvalue weighted by Gasteiger charge is -2.26. The van der Waals surface area contributed by atoms with E-state index in [4.69, 9.17) is 10.5 Å². The Morgan fingerprint density at radius 3 is 2.90 bits per heavy atom. The molecule has 1 aromatic rings. The molecule has 0 aromatic carbocycles. The van der Waals surface area contributed by atoms with Crippen LogP contribution in [0.3, 0.4) is 0 Å². The van der Waals surface area contributed by atoms with Crippen LogP contribution < -0.4 is 11.1 Å². The molecule has 1 aromatic heterocycles. The van der Waals surface area contributed by atoms with E-state index in [1.165, 1.54) is 0 Å². The molecule has 0 aliphatic heterocycles. The molecule has 20 heavy (non-hydrogen) atoms. The van der Waals surface area contributed by atoms with Crippen LogP contribution in [0.5, 0.6) is 0 Å². The second-order valence-corrected chi connectivity index (χ2v) is 5.33. The van der Waals surface area contributed by atoms with Crippen molar-refractivity contribution in [1.82, 2.24) is 10.3 Å². The third kappa shape index (κ3) is 4.28. The molecule has 0 atom stereocenters. The largest absolute Gasteiger partial charge is 0.376 e. The van der Waals surface area contributed by atoms with Crippen molar-refractivity contribution in [2.75, 3.05) is 13.2 Å². The second kappa shape index (κ2) is 7.36. The predicted molar refractivity (Wildman–Crippen MR) is 77.5 cm³/mol. The van der Waals surface area contributed by atoms with E-state index in [1.807, 2.05) is 19.1 Å². The number of hydrogen-bond acceptors (Lipinski definition) is 4. The zero-order valence-corrected chi connectivity index (χ0v) is 12.0. The Hall–Kier alpha value is -1.46. The molecule has 110 valence electrons. The number of amides is 1.